The molecule has 0 radical (unpaired) electrons. The van der Waals surface area contributed by atoms with Crippen molar-refractivity contribution >= 4 is 17.5 Å². The zero-order chi connectivity index (χ0) is 14.3. The Morgan fingerprint density at radius 2 is 1.95 bits per heavy atom. The van der Waals surface area contributed by atoms with Crippen molar-refractivity contribution in [3.05, 3.63) is 29.6 Å². The Balaban J connectivity index is 2.45. The summed E-state index contributed by atoms with van der Waals surface area (Å²) < 4.78 is 13.3. The number of rotatable bonds is 5. The average molecular weight is 266 g/mol. The van der Waals surface area contributed by atoms with E-state index in [2.05, 4.69) is 17.6 Å². The maximum absolute atomic E-state index is 13.3. The van der Waals surface area contributed by atoms with Gasteiger partial charge in [0.2, 0.25) is 0 Å². The second-order valence-corrected chi connectivity index (χ2v) is 4.38. The topological polar surface area (TPSA) is 58.2 Å². The zero-order valence-corrected chi connectivity index (χ0v) is 11.3. The number of unbranched alkanes of at least 4 members (excludes halogenated alkanes) is 2. The lowest BCUT2D eigenvalue weighted by molar-refractivity contribution is -0.136. The average Bonchev–Trinajstić information content (AvgIpc) is 2.38. The zero-order valence-electron chi connectivity index (χ0n) is 11.3. The number of benzene rings is 1. The minimum atomic E-state index is -0.778. The summed E-state index contributed by atoms with van der Waals surface area (Å²) in [6.07, 6.45) is 2.89. The summed E-state index contributed by atoms with van der Waals surface area (Å²) in [6, 6.07) is 4.29. The minimum absolute atomic E-state index is 0.275. The second-order valence-electron chi connectivity index (χ2n) is 4.38. The highest BCUT2D eigenvalue weighted by Crippen LogP contribution is 2.13. The van der Waals surface area contributed by atoms with Gasteiger partial charge >= 0.3 is 11.8 Å². The van der Waals surface area contributed by atoms with Gasteiger partial charge < -0.3 is 10.6 Å². The molecule has 0 atom stereocenters. The van der Waals surface area contributed by atoms with Crippen LogP contribution in [0.25, 0.3) is 0 Å². The molecule has 1 aromatic carbocycles. The molecule has 0 aromatic heterocycles. The number of carbonyl (C=O) groups is 2. The predicted molar refractivity (Wildman–Crippen MR) is 72.3 cm³/mol. The van der Waals surface area contributed by atoms with Gasteiger partial charge in [-0.15, -0.1) is 0 Å². The van der Waals surface area contributed by atoms with Gasteiger partial charge in [-0.1, -0.05) is 25.8 Å². The van der Waals surface area contributed by atoms with E-state index in [-0.39, 0.29) is 5.69 Å². The van der Waals surface area contributed by atoms with E-state index in [0.717, 1.165) is 19.3 Å². The lowest BCUT2D eigenvalue weighted by atomic mass is 10.2. The van der Waals surface area contributed by atoms with Crippen LogP contribution in [0.15, 0.2) is 18.2 Å². The van der Waals surface area contributed by atoms with Crippen LogP contribution in [-0.4, -0.2) is 18.4 Å². The standard InChI is InChI=1S/C14H19FN2O2/c1-3-4-5-8-16-13(18)14(19)17-11-7-6-10(2)12(15)9-11/h6-7,9H,3-5,8H2,1-2H3,(H,16,18)(H,17,19). The van der Waals surface area contributed by atoms with E-state index < -0.39 is 17.6 Å². The van der Waals surface area contributed by atoms with Crippen molar-refractivity contribution in [2.45, 2.75) is 33.1 Å². The van der Waals surface area contributed by atoms with E-state index in [1.54, 1.807) is 19.1 Å². The quantitative estimate of drug-likeness (QED) is 0.635. The maximum Gasteiger partial charge on any atom is 0.313 e. The first kappa shape index (κ1) is 15.1. The van der Waals surface area contributed by atoms with Crippen LogP contribution in [-0.2, 0) is 9.59 Å². The molecule has 0 spiro atoms. The third kappa shape index (κ3) is 5.07. The normalized spacial score (nSPS) is 10.1. The Kier molecular flexibility index (Phi) is 5.99. The Labute approximate surface area is 112 Å². The Bertz CT molecular complexity index is 461. The van der Waals surface area contributed by atoms with E-state index in [9.17, 15) is 14.0 Å². The number of halogens is 1. The van der Waals surface area contributed by atoms with Crippen molar-refractivity contribution < 1.29 is 14.0 Å². The fourth-order valence-electron chi connectivity index (χ4n) is 1.52. The van der Waals surface area contributed by atoms with Gasteiger partial charge in [0, 0.05) is 12.2 Å². The molecule has 1 aromatic rings. The highest BCUT2D eigenvalue weighted by molar-refractivity contribution is 6.39. The van der Waals surface area contributed by atoms with Crippen molar-refractivity contribution in [1.29, 1.82) is 0 Å². The summed E-state index contributed by atoms with van der Waals surface area (Å²) in [6.45, 7) is 4.16. The molecule has 4 nitrogen and oxygen atoms in total. The first-order valence-electron chi connectivity index (χ1n) is 6.40. The van der Waals surface area contributed by atoms with Crippen molar-refractivity contribution in [2.75, 3.05) is 11.9 Å². The van der Waals surface area contributed by atoms with Gasteiger partial charge in [0.1, 0.15) is 5.82 Å². The third-order valence-corrected chi connectivity index (χ3v) is 2.70. The second kappa shape index (κ2) is 7.51. The van der Waals surface area contributed by atoms with E-state index in [1.165, 1.54) is 6.07 Å². The molecule has 2 N–H and O–H groups in total. The van der Waals surface area contributed by atoms with Gasteiger partial charge in [-0.3, -0.25) is 9.59 Å². The molecule has 0 aliphatic carbocycles. The Morgan fingerprint density at radius 3 is 2.58 bits per heavy atom. The number of nitrogens with one attached hydrogen (secondary N) is 2. The SMILES string of the molecule is CCCCCNC(=O)C(=O)Nc1ccc(C)c(F)c1. The molecule has 0 heterocycles. The molecule has 2 amide bonds. The molecular weight excluding hydrogens is 247 g/mol. The third-order valence-electron chi connectivity index (χ3n) is 2.70. The number of amides is 2. The fourth-order valence-corrected chi connectivity index (χ4v) is 1.52. The summed E-state index contributed by atoms with van der Waals surface area (Å²) in [5.41, 5.74) is 0.763. The molecule has 0 aliphatic heterocycles. The molecule has 0 bridgehead atoms. The number of hydrogen-bond donors (Lipinski definition) is 2. The Morgan fingerprint density at radius 1 is 1.21 bits per heavy atom. The summed E-state index contributed by atoms with van der Waals surface area (Å²) in [5, 5.41) is 4.88. The van der Waals surface area contributed by atoms with Gasteiger partial charge in [-0.25, -0.2) is 4.39 Å². The van der Waals surface area contributed by atoms with Crippen LogP contribution in [0.3, 0.4) is 0 Å². The highest BCUT2D eigenvalue weighted by atomic mass is 19.1. The molecule has 0 fully saturated rings. The number of hydrogen-bond acceptors (Lipinski definition) is 2. The number of anilines is 1. The van der Waals surface area contributed by atoms with Crippen LogP contribution in [0.1, 0.15) is 31.7 Å². The van der Waals surface area contributed by atoms with Crippen molar-refractivity contribution in [2.24, 2.45) is 0 Å². The molecule has 0 unspecified atom stereocenters. The van der Waals surface area contributed by atoms with Crippen molar-refractivity contribution in [1.82, 2.24) is 5.32 Å². The van der Waals surface area contributed by atoms with Crippen molar-refractivity contribution in [3.8, 4) is 0 Å². The van der Waals surface area contributed by atoms with E-state index in [4.69, 9.17) is 0 Å². The molecule has 1 rings (SSSR count). The summed E-state index contributed by atoms with van der Waals surface area (Å²) in [4.78, 5) is 23.0. The van der Waals surface area contributed by atoms with Crippen LogP contribution >= 0.6 is 0 Å². The maximum atomic E-state index is 13.3. The first-order chi connectivity index (χ1) is 9.04. The molecule has 19 heavy (non-hydrogen) atoms. The van der Waals surface area contributed by atoms with Crippen LogP contribution in [0.5, 0.6) is 0 Å². The van der Waals surface area contributed by atoms with Gasteiger partial charge in [-0.2, -0.15) is 0 Å². The molecule has 0 saturated carbocycles. The lowest BCUT2D eigenvalue weighted by Crippen LogP contribution is -2.35. The van der Waals surface area contributed by atoms with E-state index in [0.29, 0.717) is 12.1 Å². The van der Waals surface area contributed by atoms with Gasteiger partial charge in [0.05, 0.1) is 0 Å². The number of aryl methyl sites for hydroxylation is 1. The van der Waals surface area contributed by atoms with Gasteiger partial charge in [0.15, 0.2) is 0 Å². The lowest BCUT2D eigenvalue weighted by Gasteiger charge is -2.07. The van der Waals surface area contributed by atoms with E-state index >= 15 is 0 Å². The van der Waals surface area contributed by atoms with Crippen LogP contribution in [0.4, 0.5) is 10.1 Å². The summed E-state index contributed by atoms with van der Waals surface area (Å²) in [5.74, 6) is -1.89. The molecular formula is C14H19FN2O2. The van der Waals surface area contributed by atoms with E-state index in [1.807, 2.05) is 0 Å². The van der Waals surface area contributed by atoms with Crippen LogP contribution in [0, 0.1) is 12.7 Å². The van der Waals surface area contributed by atoms with Crippen LogP contribution < -0.4 is 10.6 Å². The minimum Gasteiger partial charge on any atom is -0.348 e. The highest BCUT2D eigenvalue weighted by Gasteiger charge is 2.13. The van der Waals surface area contributed by atoms with Crippen molar-refractivity contribution in [3.63, 3.8) is 0 Å². The smallest absolute Gasteiger partial charge is 0.313 e. The van der Waals surface area contributed by atoms with Gasteiger partial charge in [-0.05, 0) is 31.0 Å². The Hall–Kier alpha value is -1.91. The number of carbonyl (C=O) groups excluding carboxylic acids is 2. The largest absolute Gasteiger partial charge is 0.348 e. The monoisotopic (exact) mass is 266 g/mol. The fraction of sp³-hybridized carbons (Fsp3) is 0.429. The first-order valence-corrected chi connectivity index (χ1v) is 6.40. The molecule has 0 saturated heterocycles. The molecule has 0 aliphatic rings. The van der Waals surface area contributed by atoms with Gasteiger partial charge in [0.25, 0.3) is 0 Å². The predicted octanol–water partition coefficient (Wildman–Crippen LogP) is 2.38. The molecule has 5 heteroatoms. The summed E-state index contributed by atoms with van der Waals surface area (Å²) in [7, 11) is 0. The van der Waals surface area contributed by atoms with Crippen LogP contribution in [0.2, 0.25) is 0 Å². The molecule has 104 valence electrons. The summed E-state index contributed by atoms with van der Waals surface area (Å²) >= 11 is 0.